The van der Waals surface area contributed by atoms with Crippen LogP contribution in [-0.4, -0.2) is 35.6 Å². The molecule has 1 N–H and O–H groups in total. The van der Waals surface area contributed by atoms with E-state index in [9.17, 15) is 4.79 Å². The molecule has 3 heterocycles. The van der Waals surface area contributed by atoms with Crippen molar-refractivity contribution >= 4 is 11.6 Å². The van der Waals surface area contributed by atoms with Crippen molar-refractivity contribution in [2.75, 3.05) is 0 Å². The zero-order chi connectivity index (χ0) is 13.9. The SMILES string of the molecule is O=C(O)CCc1c(-c2cnccn2)nn2cccnc12. The van der Waals surface area contributed by atoms with E-state index in [1.165, 1.54) is 0 Å². The van der Waals surface area contributed by atoms with Gasteiger partial charge in [-0.25, -0.2) is 9.50 Å². The Morgan fingerprint density at radius 2 is 2.15 bits per heavy atom. The van der Waals surface area contributed by atoms with E-state index in [1.54, 1.807) is 41.6 Å². The number of carboxylic acid groups (broad SMARTS) is 1. The molecule has 0 radical (unpaired) electrons. The average Bonchev–Trinajstić information content (AvgIpc) is 2.84. The van der Waals surface area contributed by atoms with E-state index in [2.05, 4.69) is 20.1 Å². The molecule has 7 heteroatoms. The molecule has 0 saturated heterocycles. The number of aryl methyl sites for hydroxylation is 1. The van der Waals surface area contributed by atoms with Crippen LogP contribution in [0.3, 0.4) is 0 Å². The Kier molecular flexibility index (Phi) is 3.08. The highest BCUT2D eigenvalue weighted by Gasteiger charge is 2.17. The number of carbonyl (C=O) groups is 1. The fraction of sp³-hybridized carbons (Fsp3) is 0.154. The van der Waals surface area contributed by atoms with Crippen LogP contribution in [0.5, 0.6) is 0 Å². The molecule has 0 amide bonds. The normalized spacial score (nSPS) is 10.8. The van der Waals surface area contributed by atoms with Crippen molar-refractivity contribution < 1.29 is 9.90 Å². The maximum Gasteiger partial charge on any atom is 0.303 e. The van der Waals surface area contributed by atoms with Gasteiger partial charge < -0.3 is 5.11 Å². The predicted molar refractivity (Wildman–Crippen MR) is 70.0 cm³/mol. The molecule has 0 aliphatic heterocycles. The molecule has 3 aromatic rings. The molecule has 3 aromatic heterocycles. The molecule has 0 saturated carbocycles. The molecule has 0 fully saturated rings. The highest BCUT2D eigenvalue weighted by Crippen LogP contribution is 2.24. The largest absolute Gasteiger partial charge is 0.481 e. The third-order valence-electron chi connectivity index (χ3n) is 2.89. The molecule has 7 nitrogen and oxygen atoms in total. The van der Waals surface area contributed by atoms with Gasteiger partial charge in [0.2, 0.25) is 0 Å². The molecule has 0 aromatic carbocycles. The first kappa shape index (κ1) is 12.2. The summed E-state index contributed by atoms with van der Waals surface area (Å²) in [5.41, 5.74) is 2.65. The molecule has 0 aliphatic rings. The Labute approximate surface area is 114 Å². The zero-order valence-electron chi connectivity index (χ0n) is 10.5. The Balaban J connectivity index is 2.15. The lowest BCUT2D eigenvalue weighted by Gasteiger charge is -1.99. The van der Waals surface area contributed by atoms with Crippen molar-refractivity contribution in [2.24, 2.45) is 0 Å². The molecular weight excluding hydrogens is 258 g/mol. The fourth-order valence-electron chi connectivity index (χ4n) is 2.02. The lowest BCUT2D eigenvalue weighted by Crippen LogP contribution is -1.99. The maximum atomic E-state index is 10.8. The fourth-order valence-corrected chi connectivity index (χ4v) is 2.02. The molecule has 100 valence electrons. The minimum atomic E-state index is -0.856. The topological polar surface area (TPSA) is 93.3 Å². The summed E-state index contributed by atoms with van der Waals surface area (Å²) in [7, 11) is 0. The molecule has 3 rings (SSSR count). The van der Waals surface area contributed by atoms with E-state index >= 15 is 0 Å². The van der Waals surface area contributed by atoms with E-state index in [0.29, 0.717) is 23.5 Å². The van der Waals surface area contributed by atoms with Crippen molar-refractivity contribution in [3.63, 3.8) is 0 Å². The minimum Gasteiger partial charge on any atom is -0.481 e. The van der Waals surface area contributed by atoms with Gasteiger partial charge in [0.25, 0.3) is 0 Å². The van der Waals surface area contributed by atoms with E-state index in [1.807, 2.05) is 0 Å². The number of nitrogens with zero attached hydrogens (tertiary/aromatic N) is 5. The summed E-state index contributed by atoms with van der Waals surface area (Å²) >= 11 is 0. The second-order valence-corrected chi connectivity index (χ2v) is 4.20. The Hall–Kier alpha value is -2.83. The number of rotatable bonds is 4. The van der Waals surface area contributed by atoms with Crippen LogP contribution in [0, 0.1) is 0 Å². The monoisotopic (exact) mass is 269 g/mol. The van der Waals surface area contributed by atoms with Crippen LogP contribution in [0.25, 0.3) is 17.0 Å². The molecule has 0 atom stereocenters. The summed E-state index contributed by atoms with van der Waals surface area (Å²) in [6.45, 7) is 0. The van der Waals surface area contributed by atoms with Crippen molar-refractivity contribution in [2.45, 2.75) is 12.8 Å². The van der Waals surface area contributed by atoms with Crippen LogP contribution >= 0.6 is 0 Å². The van der Waals surface area contributed by atoms with Gasteiger partial charge in [-0.05, 0) is 12.5 Å². The van der Waals surface area contributed by atoms with Gasteiger partial charge in [0.15, 0.2) is 5.65 Å². The number of fused-ring (bicyclic) bond motifs is 1. The number of carboxylic acids is 1. The average molecular weight is 269 g/mol. The minimum absolute atomic E-state index is 0.0190. The van der Waals surface area contributed by atoms with E-state index in [-0.39, 0.29) is 6.42 Å². The summed E-state index contributed by atoms with van der Waals surface area (Å²) in [6, 6.07) is 1.77. The van der Waals surface area contributed by atoms with Gasteiger partial charge in [-0.15, -0.1) is 0 Å². The van der Waals surface area contributed by atoms with Crippen molar-refractivity contribution in [1.29, 1.82) is 0 Å². The van der Waals surface area contributed by atoms with Crippen LogP contribution in [0.1, 0.15) is 12.0 Å². The third-order valence-corrected chi connectivity index (χ3v) is 2.89. The van der Waals surface area contributed by atoms with Crippen molar-refractivity contribution in [3.05, 3.63) is 42.6 Å². The molecule has 0 bridgehead atoms. The van der Waals surface area contributed by atoms with Gasteiger partial charge in [0, 0.05) is 36.8 Å². The lowest BCUT2D eigenvalue weighted by molar-refractivity contribution is -0.136. The lowest BCUT2D eigenvalue weighted by atomic mass is 10.1. The van der Waals surface area contributed by atoms with E-state index in [0.717, 1.165) is 5.56 Å². The first-order valence-electron chi connectivity index (χ1n) is 6.06. The summed E-state index contributed by atoms with van der Waals surface area (Å²) in [6.07, 6.45) is 8.55. The standard InChI is InChI=1S/C13H11N5O2/c19-11(20)3-2-9-12(10-8-14-5-6-15-10)17-18-7-1-4-16-13(9)18/h1,4-8H,2-3H2,(H,19,20). The molecule has 0 unspecified atom stereocenters. The van der Waals surface area contributed by atoms with Crippen molar-refractivity contribution in [3.8, 4) is 11.4 Å². The van der Waals surface area contributed by atoms with Crippen LogP contribution < -0.4 is 0 Å². The molecular formula is C13H11N5O2. The van der Waals surface area contributed by atoms with Gasteiger partial charge >= 0.3 is 5.97 Å². The van der Waals surface area contributed by atoms with Gasteiger partial charge in [-0.3, -0.25) is 14.8 Å². The zero-order valence-corrected chi connectivity index (χ0v) is 10.5. The van der Waals surface area contributed by atoms with E-state index in [4.69, 9.17) is 5.11 Å². The molecule has 0 aliphatic carbocycles. The Morgan fingerprint density at radius 1 is 1.25 bits per heavy atom. The van der Waals surface area contributed by atoms with E-state index < -0.39 is 5.97 Å². The number of aromatic nitrogens is 5. The molecule has 0 spiro atoms. The summed E-state index contributed by atoms with van der Waals surface area (Å²) < 4.78 is 1.63. The summed E-state index contributed by atoms with van der Waals surface area (Å²) in [5.74, 6) is -0.856. The van der Waals surface area contributed by atoms with Gasteiger partial charge in [-0.2, -0.15) is 5.10 Å². The third kappa shape index (κ3) is 2.20. The highest BCUT2D eigenvalue weighted by atomic mass is 16.4. The molecule has 20 heavy (non-hydrogen) atoms. The Morgan fingerprint density at radius 3 is 2.90 bits per heavy atom. The smallest absolute Gasteiger partial charge is 0.303 e. The summed E-state index contributed by atoms with van der Waals surface area (Å²) in [5, 5.41) is 13.3. The first-order valence-corrected chi connectivity index (χ1v) is 6.06. The van der Waals surface area contributed by atoms with Crippen LogP contribution in [0.2, 0.25) is 0 Å². The van der Waals surface area contributed by atoms with Crippen molar-refractivity contribution in [1.82, 2.24) is 24.6 Å². The quantitative estimate of drug-likeness (QED) is 0.765. The van der Waals surface area contributed by atoms with Gasteiger partial charge in [0.1, 0.15) is 11.4 Å². The highest BCUT2D eigenvalue weighted by molar-refractivity contribution is 5.71. The number of hydrogen-bond acceptors (Lipinski definition) is 5. The van der Waals surface area contributed by atoms with Gasteiger partial charge in [0.05, 0.1) is 6.20 Å². The maximum absolute atomic E-state index is 10.8. The second-order valence-electron chi connectivity index (χ2n) is 4.20. The van der Waals surface area contributed by atoms with Gasteiger partial charge in [-0.1, -0.05) is 0 Å². The van der Waals surface area contributed by atoms with Crippen LogP contribution in [0.4, 0.5) is 0 Å². The predicted octanol–water partition coefficient (Wildman–Crippen LogP) is 1.20. The second kappa shape index (κ2) is 5.04. The number of hydrogen-bond donors (Lipinski definition) is 1. The van der Waals surface area contributed by atoms with Crippen LogP contribution in [-0.2, 0) is 11.2 Å². The number of aliphatic carboxylic acids is 1. The van der Waals surface area contributed by atoms with Crippen LogP contribution in [0.15, 0.2) is 37.1 Å². The summed E-state index contributed by atoms with van der Waals surface area (Å²) in [4.78, 5) is 23.3. The Bertz CT molecular complexity index is 754. The first-order chi connectivity index (χ1) is 9.75.